The second-order valence-corrected chi connectivity index (χ2v) is 7.18. The number of aromatic carboxylic acids is 1. The minimum absolute atomic E-state index is 0.0694. The number of rotatable bonds is 3. The minimum atomic E-state index is -3.01. The van der Waals surface area contributed by atoms with Gasteiger partial charge in [0.15, 0.2) is 9.84 Å². The summed E-state index contributed by atoms with van der Waals surface area (Å²) in [5.74, 6) is -0.716. The molecular formula is C13H17NO4S. The Morgan fingerprint density at radius 1 is 1.42 bits per heavy atom. The number of nitrogens with one attached hydrogen (secondary N) is 1. The van der Waals surface area contributed by atoms with Crippen LogP contribution in [0.4, 0.5) is 5.69 Å². The van der Waals surface area contributed by atoms with Crippen molar-refractivity contribution in [3.8, 4) is 0 Å². The third-order valence-corrected chi connectivity index (χ3v) is 5.05. The van der Waals surface area contributed by atoms with Crippen LogP contribution in [0.5, 0.6) is 0 Å². The minimum Gasteiger partial charge on any atom is -0.478 e. The van der Waals surface area contributed by atoms with Crippen molar-refractivity contribution in [2.75, 3.05) is 16.8 Å². The SMILES string of the molecule is Cc1ccc(C(=O)O)c(NC2CCCS(=O)(=O)C2)c1. The molecule has 6 heteroatoms. The highest BCUT2D eigenvalue weighted by molar-refractivity contribution is 7.91. The Kier molecular flexibility index (Phi) is 3.80. The Balaban J connectivity index is 2.23. The number of aryl methyl sites for hydroxylation is 1. The van der Waals surface area contributed by atoms with Crippen molar-refractivity contribution in [3.05, 3.63) is 29.3 Å². The maximum Gasteiger partial charge on any atom is 0.337 e. The first-order chi connectivity index (χ1) is 8.87. The average molecular weight is 283 g/mol. The third-order valence-electron chi connectivity index (χ3n) is 3.23. The molecule has 1 atom stereocenters. The van der Waals surface area contributed by atoms with Crippen molar-refractivity contribution < 1.29 is 18.3 Å². The summed E-state index contributed by atoms with van der Waals surface area (Å²) >= 11 is 0. The fourth-order valence-electron chi connectivity index (χ4n) is 2.32. The summed E-state index contributed by atoms with van der Waals surface area (Å²) in [5, 5.41) is 12.2. The van der Waals surface area contributed by atoms with Crippen molar-refractivity contribution >= 4 is 21.5 Å². The number of sulfone groups is 1. The Bertz CT molecular complexity index is 595. The highest BCUT2D eigenvalue weighted by atomic mass is 32.2. The maximum absolute atomic E-state index is 11.6. The number of benzene rings is 1. The van der Waals surface area contributed by atoms with E-state index in [2.05, 4.69) is 5.32 Å². The summed E-state index contributed by atoms with van der Waals surface area (Å²) in [6.45, 7) is 1.87. The molecule has 0 bridgehead atoms. The van der Waals surface area contributed by atoms with Gasteiger partial charge in [-0.15, -0.1) is 0 Å². The second kappa shape index (κ2) is 5.21. The maximum atomic E-state index is 11.6. The van der Waals surface area contributed by atoms with Gasteiger partial charge in [0.25, 0.3) is 0 Å². The van der Waals surface area contributed by atoms with E-state index in [-0.39, 0.29) is 23.1 Å². The Morgan fingerprint density at radius 2 is 2.16 bits per heavy atom. The molecular weight excluding hydrogens is 266 g/mol. The molecule has 0 aromatic heterocycles. The number of carboxylic acid groups (broad SMARTS) is 1. The van der Waals surface area contributed by atoms with Crippen LogP contribution >= 0.6 is 0 Å². The lowest BCUT2D eigenvalue weighted by Crippen LogP contribution is -2.35. The van der Waals surface area contributed by atoms with Crippen LogP contribution in [0.15, 0.2) is 18.2 Å². The fourth-order valence-corrected chi connectivity index (χ4v) is 3.96. The van der Waals surface area contributed by atoms with Crippen molar-refractivity contribution in [1.82, 2.24) is 0 Å². The Morgan fingerprint density at radius 3 is 2.79 bits per heavy atom. The van der Waals surface area contributed by atoms with Gasteiger partial charge >= 0.3 is 5.97 Å². The normalized spacial score (nSPS) is 21.8. The van der Waals surface area contributed by atoms with E-state index in [4.69, 9.17) is 5.11 Å². The zero-order chi connectivity index (χ0) is 14.0. The standard InChI is InChI=1S/C13H17NO4S/c1-9-4-5-11(13(15)16)12(7-9)14-10-3-2-6-19(17,18)8-10/h4-5,7,10,14H,2-3,6,8H2,1H3,(H,15,16). The molecule has 1 aliphatic heterocycles. The molecule has 1 aliphatic rings. The van der Waals surface area contributed by atoms with Crippen LogP contribution in [0, 0.1) is 6.92 Å². The van der Waals surface area contributed by atoms with Gasteiger partial charge in [-0.1, -0.05) is 6.07 Å². The molecule has 0 radical (unpaired) electrons. The van der Waals surface area contributed by atoms with E-state index in [0.717, 1.165) is 12.0 Å². The van der Waals surface area contributed by atoms with E-state index in [1.165, 1.54) is 6.07 Å². The van der Waals surface area contributed by atoms with Gasteiger partial charge in [-0.05, 0) is 37.5 Å². The van der Waals surface area contributed by atoms with Crippen molar-refractivity contribution in [3.63, 3.8) is 0 Å². The summed E-state index contributed by atoms with van der Waals surface area (Å²) in [6.07, 6.45) is 1.36. The average Bonchev–Trinajstić information content (AvgIpc) is 2.27. The van der Waals surface area contributed by atoms with Gasteiger partial charge in [-0.25, -0.2) is 13.2 Å². The summed E-state index contributed by atoms with van der Waals surface area (Å²) < 4.78 is 23.2. The Labute approximate surface area is 112 Å². The summed E-state index contributed by atoms with van der Waals surface area (Å²) in [4.78, 5) is 11.1. The van der Waals surface area contributed by atoms with Gasteiger partial charge in [0, 0.05) is 11.7 Å². The van der Waals surface area contributed by atoms with Crippen LogP contribution in [-0.2, 0) is 9.84 Å². The van der Waals surface area contributed by atoms with Gasteiger partial charge in [-0.2, -0.15) is 0 Å². The third kappa shape index (κ3) is 3.47. The zero-order valence-electron chi connectivity index (χ0n) is 10.7. The van der Waals surface area contributed by atoms with Crippen LogP contribution in [0.3, 0.4) is 0 Å². The van der Waals surface area contributed by atoms with Crippen molar-refractivity contribution in [2.45, 2.75) is 25.8 Å². The Hall–Kier alpha value is -1.56. The van der Waals surface area contributed by atoms with Crippen LogP contribution in [0.25, 0.3) is 0 Å². The van der Waals surface area contributed by atoms with E-state index in [1.807, 2.05) is 6.92 Å². The molecule has 0 saturated carbocycles. The van der Waals surface area contributed by atoms with Gasteiger partial charge in [0.1, 0.15) is 0 Å². The highest BCUT2D eigenvalue weighted by Gasteiger charge is 2.25. The van der Waals surface area contributed by atoms with E-state index < -0.39 is 15.8 Å². The summed E-state index contributed by atoms with van der Waals surface area (Å²) in [6, 6.07) is 4.80. The van der Waals surface area contributed by atoms with Crippen LogP contribution in [0.1, 0.15) is 28.8 Å². The first kappa shape index (κ1) is 13.9. The lowest BCUT2D eigenvalue weighted by Gasteiger charge is -2.24. The number of carboxylic acids is 1. The molecule has 5 nitrogen and oxygen atoms in total. The topological polar surface area (TPSA) is 83.5 Å². The van der Waals surface area contributed by atoms with Crippen molar-refractivity contribution in [2.24, 2.45) is 0 Å². The lowest BCUT2D eigenvalue weighted by molar-refractivity contribution is 0.0698. The number of anilines is 1. The van der Waals surface area contributed by atoms with E-state index in [0.29, 0.717) is 12.1 Å². The largest absolute Gasteiger partial charge is 0.478 e. The first-order valence-electron chi connectivity index (χ1n) is 6.18. The monoisotopic (exact) mass is 283 g/mol. The molecule has 1 saturated heterocycles. The summed E-state index contributed by atoms with van der Waals surface area (Å²) in [7, 11) is -3.01. The molecule has 104 valence electrons. The molecule has 2 rings (SSSR count). The fraction of sp³-hybridized carbons (Fsp3) is 0.462. The molecule has 1 heterocycles. The number of hydrogen-bond acceptors (Lipinski definition) is 4. The molecule has 0 aliphatic carbocycles. The van der Waals surface area contributed by atoms with E-state index in [9.17, 15) is 13.2 Å². The predicted molar refractivity (Wildman–Crippen MR) is 73.4 cm³/mol. The van der Waals surface area contributed by atoms with Gasteiger partial charge in [-0.3, -0.25) is 0 Å². The van der Waals surface area contributed by atoms with Crippen LogP contribution in [0.2, 0.25) is 0 Å². The van der Waals surface area contributed by atoms with Crippen LogP contribution < -0.4 is 5.32 Å². The molecule has 1 aromatic rings. The predicted octanol–water partition coefficient (Wildman–Crippen LogP) is 1.68. The van der Waals surface area contributed by atoms with Crippen molar-refractivity contribution in [1.29, 1.82) is 0 Å². The molecule has 1 aromatic carbocycles. The quantitative estimate of drug-likeness (QED) is 0.882. The molecule has 0 spiro atoms. The van der Waals surface area contributed by atoms with Gasteiger partial charge < -0.3 is 10.4 Å². The number of carbonyl (C=O) groups is 1. The zero-order valence-corrected chi connectivity index (χ0v) is 11.5. The van der Waals surface area contributed by atoms with E-state index >= 15 is 0 Å². The molecule has 19 heavy (non-hydrogen) atoms. The van der Waals surface area contributed by atoms with E-state index in [1.54, 1.807) is 12.1 Å². The lowest BCUT2D eigenvalue weighted by atomic mass is 10.1. The van der Waals surface area contributed by atoms with Gasteiger partial charge in [0.2, 0.25) is 0 Å². The first-order valence-corrected chi connectivity index (χ1v) is 8.00. The van der Waals surface area contributed by atoms with Crippen LogP contribution in [-0.4, -0.2) is 37.0 Å². The highest BCUT2D eigenvalue weighted by Crippen LogP contribution is 2.22. The molecule has 2 N–H and O–H groups in total. The molecule has 1 fully saturated rings. The smallest absolute Gasteiger partial charge is 0.337 e. The second-order valence-electron chi connectivity index (χ2n) is 4.95. The molecule has 0 amide bonds. The summed E-state index contributed by atoms with van der Waals surface area (Å²) in [5.41, 5.74) is 1.61. The van der Waals surface area contributed by atoms with Gasteiger partial charge in [0.05, 0.1) is 17.1 Å². The molecule has 1 unspecified atom stereocenters. The number of hydrogen-bond donors (Lipinski definition) is 2.